The molecule has 0 spiro atoms. The van der Waals surface area contributed by atoms with E-state index in [4.69, 9.17) is 0 Å². The van der Waals surface area contributed by atoms with Gasteiger partial charge in [0.05, 0.1) is 11.9 Å². The maximum Gasteiger partial charge on any atom is 0.220 e. The highest BCUT2D eigenvalue weighted by atomic mass is 32.2. The molecule has 0 bridgehead atoms. The Balaban J connectivity index is 2.56. The minimum absolute atomic E-state index is 0.0861. The van der Waals surface area contributed by atoms with Crippen LogP contribution in [0.3, 0.4) is 0 Å². The molecule has 2 aromatic rings. The van der Waals surface area contributed by atoms with Gasteiger partial charge in [0, 0.05) is 31.9 Å². The van der Waals surface area contributed by atoms with E-state index in [0.29, 0.717) is 28.9 Å². The Labute approximate surface area is 142 Å². The number of carbonyl (C=O) groups is 1. The second-order valence-electron chi connectivity index (χ2n) is 5.66. The average Bonchev–Trinajstić information content (AvgIpc) is 2.86. The summed E-state index contributed by atoms with van der Waals surface area (Å²) in [5.74, 6) is -0.595. The van der Waals surface area contributed by atoms with Crippen LogP contribution in [0, 0.1) is 6.92 Å². The molecular formula is C16H21N3O4S. The molecule has 1 aromatic heterocycles. The summed E-state index contributed by atoms with van der Waals surface area (Å²) < 4.78 is 23.5. The van der Waals surface area contributed by atoms with E-state index in [2.05, 4.69) is 5.10 Å². The fraction of sp³-hybridized carbons (Fsp3) is 0.375. The normalized spacial score (nSPS) is 11.0. The lowest BCUT2D eigenvalue weighted by atomic mass is 9.96. The third-order valence-electron chi connectivity index (χ3n) is 3.86. The topological polar surface area (TPSA) is 92.5 Å². The summed E-state index contributed by atoms with van der Waals surface area (Å²) in [4.78, 5) is 14.6. The highest BCUT2D eigenvalue weighted by Crippen LogP contribution is 2.30. The smallest absolute Gasteiger partial charge is 0.220 e. The van der Waals surface area contributed by atoms with Gasteiger partial charge in [-0.25, -0.2) is 13.1 Å². The van der Waals surface area contributed by atoms with Gasteiger partial charge in [0.25, 0.3) is 0 Å². The number of hydrogen-bond donors (Lipinski definition) is 2. The molecule has 7 nitrogen and oxygen atoms in total. The highest BCUT2D eigenvalue weighted by molar-refractivity contribution is 7.71. The number of aromatic nitrogens is 2. The molecule has 0 aliphatic heterocycles. The number of rotatable bonds is 6. The molecule has 0 atom stereocenters. The predicted molar refractivity (Wildman–Crippen MR) is 92.5 cm³/mol. The molecule has 8 heteroatoms. The van der Waals surface area contributed by atoms with E-state index < -0.39 is 10.7 Å². The molecule has 0 amide bonds. The molecule has 0 aliphatic rings. The van der Waals surface area contributed by atoms with Crippen LogP contribution in [0.5, 0.6) is 5.88 Å². The zero-order chi connectivity index (χ0) is 18.0. The average molecular weight is 351 g/mol. The van der Waals surface area contributed by atoms with Crippen LogP contribution in [-0.4, -0.2) is 43.2 Å². The Bertz CT molecular complexity index is 845. The van der Waals surface area contributed by atoms with Crippen molar-refractivity contribution < 1.29 is 18.3 Å². The number of anilines is 1. The number of benzene rings is 1. The van der Waals surface area contributed by atoms with Crippen molar-refractivity contribution in [2.75, 3.05) is 19.0 Å². The van der Waals surface area contributed by atoms with Crippen molar-refractivity contribution in [2.45, 2.75) is 26.1 Å². The second-order valence-corrected chi connectivity index (χ2v) is 6.64. The monoisotopic (exact) mass is 351 g/mol. The zero-order valence-electron chi connectivity index (χ0n) is 14.1. The van der Waals surface area contributed by atoms with E-state index in [-0.39, 0.29) is 23.0 Å². The van der Waals surface area contributed by atoms with Gasteiger partial charge < -0.3 is 10.0 Å². The van der Waals surface area contributed by atoms with E-state index in [0.717, 1.165) is 0 Å². The van der Waals surface area contributed by atoms with Crippen LogP contribution in [0.1, 0.15) is 34.0 Å². The van der Waals surface area contributed by atoms with Crippen molar-refractivity contribution in [3.8, 4) is 5.88 Å². The fourth-order valence-electron chi connectivity index (χ4n) is 2.81. The lowest BCUT2D eigenvalue weighted by molar-refractivity contribution is 0.103. The number of carbonyl (C=O) groups excluding carboxylic acids is 1. The molecule has 1 aromatic carbocycles. The molecule has 1 N–H and O–H groups in total. The van der Waals surface area contributed by atoms with Crippen LogP contribution in [0.25, 0.3) is 0 Å². The van der Waals surface area contributed by atoms with Gasteiger partial charge in [0.1, 0.15) is 16.3 Å². The highest BCUT2D eigenvalue weighted by Gasteiger charge is 2.22. The van der Waals surface area contributed by atoms with Gasteiger partial charge in [-0.05, 0) is 25.0 Å². The first-order chi connectivity index (χ1) is 11.3. The first-order valence-corrected chi connectivity index (χ1v) is 8.85. The summed E-state index contributed by atoms with van der Waals surface area (Å²) in [5.41, 5.74) is 2.55. The number of ketones is 1. The summed E-state index contributed by atoms with van der Waals surface area (Å²) in [6, 6.07) is 3.24. The van der Waals surface area contributed by atoms with Crippen LogP contribution in [0.2, 0.25) is 0 Å². The molecule has 24 heavy (non-hydrogen) atoms. The molecule has 0 saturated heterocycles. The number of hydrogen-bond acceptors (Lipinski definition) is 6. The second kappa shape index (κ2) is 7.04. The Kier molecular flexibility index (Phi) is 5.28. The first kappa shape index (κ1) is 18.0. The fourth-order valence-corrected chi connectivity index (χ4v) is 3.34. The van der Waals surface area contributed by atoms with Crippen LogP contribution in [0.15, 0.2) is 18.3 Å². The lowest BCUT2D eigenvalue weighted by Crippen LogP contribution is -2.16. The van der Waals surface area contributed by atoms with Crippen molar-refractivity contribution in [1.29, 1.82) is 0 Å². The largest absolute Gasteiger partial charge is 0.493 e. The van der Waals surface area contributed by atoms with Crippen LogP contribution in [0.4, 0.5) is 5.69 Å². The summed E-state index contributed by atoms with van der Waals surface area (Å²) in [6.07, 6.45) is 1.35. The van der Waals surface area contributed by atoms with E-state index in [1.165, 1.54) is 10.9 Å². The molecular weight excluding hydrogens is 330 g/mol. The van der Waals surface area contributed by atoms with Gasteiger partial charge in [-0.3, -0.25) is 4.79 Å². The molecule has 1 heterocycles. The molecule has 130 valence electrons. The predicted octanol–water partition coefficient (Wildman–Crippen LogP) is 1.33. The first-order valence-electron chi connectivity index (χ1n) is 7.49. The molecule has 0 unspecified atom stereocenters. The zero-order valence-corrected chi connectivity index (χ0v) is 15.0. The van der Waals surface area contributed by atoms with Crippen molar-refractivity contribution >= 4 is 22.2 Å². The summed E-state index contributed by atoms with van der Waals surface area (Å²) in [6.45, 7) is 4.04. The van der Waals surface area contributed by atoms with Gasteiger partial charge in [0.2, 0.25) is 5.88 Å². The standard InChI is InChI=1S/C16H21N3O4S/c1-5-19-16(21)13(8-17-19)15(20)12-7-6-11(9-24(22)23)14(10(12)2)18(3)4/h6-8,21,24H,5,9H2,1-4H3. The summed E-state index contributed by atoms with van der Waals surface area (Å²) in [7, 11) is 1.02. The van der Waals surface area contributed by atoms with Crippen molar-refractivity contribution in [3.05, 3.63) is 40.6 Å². The third-order valence-corrected chi connectivity index (χ3v) is 4.46. The molecule has 0 radical (unpaired) electrons. The minimum atomic E-state index is -2.57. The van der Waals surface area contributed by atoms with Crippen LogP contribution in [-0.2, 0) is 23.0 Å². The van der Waals surface area contributed by atoms with E-state index >= 15 is 0 Å². The number of thiol groups is 1. The maximum absolute atomic E-state index is 12.8. The minimum Gasteiger partial charge on any atom is -0.493 e. The SMILES string of the molecule is CCn1ncc(C(=O)c2ccc(C[SH](=O)=O)c(N(C)C)c2C)c1O. The van der Waals surface area contributed by atoms with Gasteiger partial charge in [0.15, 0.2) is 5.78 Å². The number of aryl methyl sites for hydroxylation is 1. The Hall–Kier alpha value is -2.35. The number of aromatic hydroxyl groups is 1. The molecule has 0 aliphatic carbocycles. The van der Waals surface area contributed by atoms with Gasteiger partial charge >= 0.3 is 0 Å². The number of nitrogens with zero attached hydrogens (tertiary/aromatic N) is 3. The quantitative estimate of drug-likeness (QED) is 0.602. The molecule has 2 rings (SSSR count). The Morgan fingerprint density at radius 2 is 1.96 bits per heavy atom. The van der Waals surface area contributed by atoms with E-state index in [1.54, 1.807) is 38.1 Å². The van der Waals surface area contributed by atoms with Crippen LogP contribution >= 0.6 is 0 Å². The van der Waals surface area contributed by atoms with Crippen LogP contribution < -0.4 is 4.90 Å². The van der Waals surface area contributed by atoms with Gasteiger partial charge in [-0.2, -0.15) is 5.10 Å². The molecule has 0 saturated carbocycles. The van der Waals surface area contributed by atoms with Crippen molar-refractivity contribution in [3.63, 3.8) is 0 Å². The maximum atomic E-state index is 12.8. The lowest BCUT2D eigenvalue weighted by Gasteiger charge is -2.21. The molecule has 0 fully saturated rings. The van der Waals surface area contributed by atoms with E-state index in [9.17, 15) is 18.3 Å². The van der Waals surface area contributed by atoms with E-state index in [1.807, 2.05) is 6.92 Å². The third kappa shape index (κ3) is 3.28. The summed E-state index contributed by atoms with van der Waals surface area (Å²) in [5, 5.41) is 14.1. The Morgan fingerprint density at radius 3 is 2.46 bits per heavy atom. The summed E-state index contributed by atoms with van der Waals surface area (Å²) >= 11 is 0. The van der Waals surface area contributed by atoms with Gasteiger partial charge in [-0.1, -0.05) is 12.1 Å². The van der Waals surface area contributed by atoms with Crippen molar-refractivity contribution in [2.24, 2.45) is 0 Å². The van der Waals surface area contributed by atoms with Gasteiger partial charge in [-0.15, -0.1) is 0 Å². The Morgan fingerprint density at radius 1 is 1.29 bits per heavy atom. The van der Waals surface area contributed by atoms with Crippen molar-refractivity contribution in [1.82, 2.24) is 9.78 Å².